The van der Waals surface area contributed by atoms with Crippen LogP contribution in [0.1, 0.15) is 59.7 Å². The van der Waals surface area contributed by atoms with Crippen LogP contribution in [0.25, 0.3) is 0 Å². The van der Waals surface area contributed by atoms with Gasteiger partial charge in [0.1, 0.15) is 23.7 Å². The number of piperidine rings is 1. The van der Waals surface area contributed by atoms with Gasteiger partial charge >= 0.3 is 12.4 Å². The molecule has 17 heteroatoms. The zero-order valence-electron chi connectivity index (χ0n) is 26.2. The molecule has 258 valence electrons. The Bertz CT molecular complexity index is 1750. The normalized spacial score (nSPS) is 15.1. The molecule has 0 amide bonds. The molecular weight excluding hydrogens is 648 g/mol. The average Bonchev–Trinajstić information content (AvgIpc) is 3.50. The van der Waals surface area contributed by atoms with Crippen LogP contribution in [0.4, 0.5) is 37.8 Å². The number of nitrogens with one attached hydrogen (secondary N) is 1. The molecule has 0 bridgehead atoms. The van der Waals surface area contributed by atoms with Gasteiger partial charge in [0.2, 0.25) is 11.8 Å². The fourth-order valence-corrected chi connectivity index (χ4v) is 5.40. The number of methoxy groups -OCH3 is 1. The number of anilines is 2. The summed E-state index contributed by atoms with van der Waals surface area (Å²) < 4.78 is 98.1. The molecule has 1 aliphatic heterocycles. The van der Waals surface area contributed by atoms with Crippen molar-refractivity contribution in [3.05, 3.63) is 87.1 Å². The topological polar surface area (TPSA) is 120 Å². The van der Waals surface area contributed by atoms with Crippen LogP contribution in [0.15, 0.2) is 51.9 Å². The molecule has 0 aliphatic carbocycles. The smallest absolute Gasteiger partial charge is 0.423 e. The van der Waals surface area contributed by atoms with Gasteiger partial charge in [-0.25, -0.2) is 9.67 Å². The summed E-state index contributed by atoms with van der Waals surface area (Å²) in [5.74, 6) is 1.57. The van der Waals surface area contributed by atoms with Gasteiger partial charge in [0.05, 0.1) is 37.7 Å². The highest BCUT2D eigenvalue weighted by Crippen LogP contribution is 2.34. The van der Waals surface area contributed by atoms with Crippen molar-refractivity contribution >= 4 is 11.5 Å². The Morgan fingerprint density at radius 2 is 1.75 bits per heavy atom. The Balaban J connectivity index is 1.13. The molecule has 0 radical (unpaired) electrons. The highest BCUT2D eigenvalue weighted by Gasteiger charge is 2.38. The van der Waals surface area contributed by atoms with Gasteiger partial charge in [-0.3, -0.25) is 4.79 Å². The minimum absolute atomic E-state index is 0.0538. The van der Waals surface area contributed by atoms with Crippen molar-refractivity contribution in [2.75, 3.05) is 37.0 Å². The van der Waals surface area contributed by atoms with E-state index in [0.717, 1.165) is 23.1 Å². The van der Waals surface area contributed by atoms with Crippen LogP contribution in [-0.2, 0) is 30.2 Å². The number of aryl methyl sites for hydroxylation is 1. The van der Waals surface area contributed by atoms with Crippen LogP contribution < -0.4 is 20.5 Å². The van der Waals surface area contributed by atoms with Crippen LogP contribution in [0.3, 0.4) is 0 Å². The first-order valence-electron chi connectivity index (χ1n) is 15.0. The minimum Gasteiger partial charge on any atom is -0.497 e. The van der Waals surface area contributed by atoms with Crippen molar-refractivity contribution in [3.8, 4) is 5.75 Å². The van der Waals surface area contributed by atoms with Crippen LogP contribution >= 0.6 is 0 Å². The summed E-state index contributed by atoms with van der Waals surface area (Å²) in [4.78, 5) is 18.8. The quantitative estimate of drug-likeness (QED) is 0.194. The van der Waals surface area contributed by atoms with E-state index in [0.29, 0.717) is 54.5 Å². The maximum Gasteiger partial charge on any atom is 0.423 e. The van der Waals surface area contributed by atoms with Crippen molar-refractivity contribution in [3.63, 3.8) is 0 Å². The van der Waals surface area contributed by atoms with E-state index in [4.69, 9.17) is 13.9 Å². The second kappa shape index (κ2) is 14.2. The van der Waals surface area contributed by atoms with E-state index in [1.165, 1.54) is 7.11 Å². The maximum absolute atomic E-state index is 14.0. The summed E-state index contributed by atoms with van der Waals surface area (Å²) >= 11 is 0. The number of benzene rings is 1. The number of nitrogens with zero attached hydrogens (tertiary/aromatic N) is 6. The standard InChI is InChI=1S/C31H33F6N7O4/c1-18-12-22(30(32,33)34)13-38-27(18)43-10-8-21(9-11-43)28-42-41-25(48-28)17-47-16-19(2)40-24-14-39-44(29(45)26(24)31(35,36)37)15-20-4-6-23(46-3)7-5-20/h4-7,12-14,19,21,40H,8-11,15-17H2,1-3H3. The maximum atomic E-state index is 14.0. The van der Waals surface area contributed by atoms with Gasteiger partial charge in [0, 0.05) is 31.2 Å². The fraction of sp³-hybridized carbons (Fsp3) is 0.452. The average molecular weight is 682 g/mol. The Kier molecular flexibility index (Phi) is 10.3. The van der Waals surface area contributed by atoms with E-state index in [-0.39, 0.29) is 31.6 Å². The van der Waals surface area contributed by atoms with Crippen LogP contribution in [-0.4, -0.2) is 57.8 Å². The van der Waals surface area contributed by atoms with Gasteiger partial charge in [0.25, 0.3) is 5.56 Å². The van der Waals surface area contributed by atoms with Gasteiger partial charge in [-0.1, -0.05) is 12.1 Å². The number of halogens is 6. The molecule has 11 nitrogen and oxygen atoms in total. The lowest BCUT2D eigenvalue weighted by Gasteiger charge is -2.32. The number of ether oxygens (including phenoxy) is 2. The summed E-state index contributed by atoms with van der Waals surface area (Å²) in [5, 5.41) is 14.7. The molecule has 4 aromatic rings. The Labute approximate surface area is 270 Å². The van der Waals surface area contributed by atoms with Crippen LogP contribution in [0.5, 0.6) is 5.75 Å². The molecule has 1 fully saturated rings. The van der Waals surface area contributed by atoms with Crippen LogP contribution in [0, 0.1) is 6.92 Å². The first kappa shape index (κ1) is 34.7. The fourth-order valence-electron chi connectivity index (χ4n) is 5.40. The predicted molar refractivity (Wildman–Crippen MR) is 161 cm³/mol. The number of hydrogen-bond acceptors (Lipinski definition) is 10. The molecule has 0 saturated carbocycles. The summed E-state index contributed by atoms with van der Waals surface area (Å²) in [6, 6.07) is 6.96. The SMILES string of the molecule is COc1ccc(Cn2ncc(NC(C)COCc3nnc(C4CCN(c5ncc(C(F)(F)F)cc5C)CC4)o3)c(C(F)(F)F)c2=O)cc1. The van der Waals surface area contributed by atoms with Gasteiger partial charge in [0.15, 0.2) is 0 Å². The first-order valence-corrected chi connectivity index (χ1v) is 15.0. The second-order valence-electron chi connectivity index (χ2n) is 11.5. The van der Waals surface area contributed by atoms with Gasteiger partial charge in [-0.2, -0.15) is 31.4 Å². The number of pyridine rings is 1. The van der Waals surface area contributed by atoms with Gasteiger partial charge in [-0.15, -0.1) is 10.2 Å². The zero-order valence-corrected chi connectivity index (χ0v) is 26.2. The Morgan fingerprint density at radius 1 is 1.04 bits per heavy atom. The number of hydrogen-bond donors (Lipinski definition) is 1. The van der Waals surface area contributed by atoms with Crippen LogP contribution in [0.2, 0.25) is 0 Å². The van der Waals surface area contributed by atoms with Crippen molar-refractivity contribution < 1.29 is 40.2 Å². The molecule has 1 aliphatic rings. The molecule has 1 aromatic carbocycles. The lowest BCUT2D eigenvalue weighted by molar-refractivity contribution is -0.139. The van der Waals surface area contributed by atoms with Crippen molar-refractivity contribution in [2.24, 2.45) is 0 Å². The van der Waals surface area contributed by atoms with E-state index in [2.05, 4.69) is 25.6 Å². The number of aromatic nitrogens is 5. The monoisotopic (exact) mass is 681 g/mol. The first-order chi connectivity index (χ1) is 22.7. The van der Waals surface area contributed by atoms with Crippen molar-refractivity contribution in [1.29, 1.82) is 0 Å². The molecule has 1 N–H and O–H groups in total. The number of rotatable bonds is 11. The summed E-state index contributed by atoms with van der Waals surface area (Å²) in [7, 11) is 1.49. The van der Waals surface area contributed by atoms with E-state index < -0.39 is 40.8 Å². The van der Waals surface area contributed by atoms with Gasteiger partial charge in [-0.05, 0) is 56.0 Å². The summed E-state index contributed by atoms with van der Waals surface area (Å²) in [5.41, 5.74) is -2.91. The molecule has 5 rings (SSSR count). The lowest BCUT2D eigenvalue weighted by Crippen LogP contribution is -2.34. The van der Waals surface area contributed by atoms with E-state index >= 15 is 0 Å². The number of alkyl halides is 6. The Morgan fingerprint density at radius 3 is 2.38 bits per heavy atom. The molecule has 4 heterocycles. The molecule has 48 heavy (non-hydrogen) atoms. The predicted octanol–water partition coefficient (Wildman–Crippen LogP) is 5.83. The second-order valence-corrected chi connectivity index (χ2v) is 11.5. The Hall–Kier alpha value is -4.67. The van der Waals surface area contributed by atoms with Crippen molar-refractivity contribution in [2.45, 2.75) is 64.2 Å². The molecule has 0 spiro atoms. The molecule has 1 saturated heterocycles. The third-order valence-electron chi connectivity index (χ3n) is 7.82. The highest BCUT2D eigenvalue weighted by atomic mass is 19.4. The molecular formula is C31H33F6N7O4. The van der Waals surface area contributed by atoms with Gasteiger partial charge < -0.3 is 24.1 Å². The summed E-state index contributed by atoms with van der Waals surface area (Å²) in [6.07, 6.45) is -6.37. The van der Waals surface area contributed by atoms with E-state index in [1.54, 1.807) is 38.1 Å². The lowest BCUT2D eigenvalue weighted by atomic mass is 9.96. The largest absolute Gasteiger partial charge is 0.497 e. The van der Waals surface area contributed by atoms with E-state index in [9.17, 15) is 31.1 Å². The minimum atomic E-state index is -4.94. The molecule has 1 atom stereocenters. The third kappa shape index (κ3) is 8.24. The summed E-state index contributed by atoms with van der Waals surface area (Å²) in [6.45, 7) is 3.93. The van der Waals surface area contributed by atoms with Crippen molar-refractivity contribution in [1.82, 2.24) is 25.0 Å². The molecule has 3 aromatic heterocycles. The highest BCUT2D eigenvalue weighted by molar-refractivity contribution is 5.50. The molecule has 1 unspecified atom stereocenters. The van der Waals surface area contributed by atoms with E-state index in [1.807, 2.05) is 4.90 Å². The zero-order chi connectivity index (χ0) is 34.6. The third-order valence-corrected chi connectivity index (χ3v) is 7.82.